The number of anilines is 1. The summed E-state index contributed by atoms with van der Waals surface area (Å²) in [5.41, 5.74) is 4.52. The molecule has 0 saturated heterocycles. The zero-order chi connectivity index (χ0) is 26.3. The molecule has 0 aliphatic carbocycles. The van der Waals surface area contributed by atoms with Gasteiger partial charge < -0.3 is 4.74 Å². The first-order valence-corrected chi connectivity index (χ1v) is 12.5. The molecular formula is C25H26N4O6S. The van der Waals surface area contributed by atoms with Gasteiger partial charge in [0.2, 0.25) is 0 Å². The fourth-order valence-electron chi connectivity index (χ4n) is 3.23. The number of benzene rings is 3. The van der Waals surface area contributed by atoms with E-state index in [1.165, 1.54) is 36.4 Å². The number of nitro benzene ring substituents is 1. The molecule has 0 bridgehead atoms. The van der Waals surface area contributed by atoms with E-state index in [4.69, 9.17) is 4.74 Å². The maximum Gasteiger partial charge on any atom is 0.269 e. The molecule has 0 atom stereocenters. The predicted molar refractivity (Wildman–Crippen MR) is 137 cm³/mol. The van der Waals surface area contributed by atoms with Crippen LogP contribution in [0.3, 0.4) is 0 Å². The Balaban J connectivity index is 1.83. The second-order valence-electron chi connectivity index (χ2n) is 7.79. The van der Waals surface area contributed by atoms with E-state index >= 15 is 0 Å². The van der Waals surface area contributed by atoms with Gasteiger partial charge in [-0.05, 0) is 74.9 Å². The molecule has 0 saturated carbocycles. The number of hydrazone groups is 1. The molecule has 11 heteroatoms. The van der Waals surface area contributed by atoms with E-state index < -0.39 is 27.4 Å². The van der Waals surface area contributed by atoms with E-state index in [1.807, 2.05) is 13.8 Å². The minimum atomic E-state index is -4.09. The predicted octanol–water partition coefficient (Wildman–Crippen LogP) is 4.04. The highest BCUT2D eigenvalue weighted by atomic mass is 32.2. The molecule has 3 rings (SSSR count). The SMILES string of the molecule is CCOc1ccc(S(=O)(=O)N(CC(=O)N/N=C(/C)c2ccc([N+](=O)[O-])cc2)c2ccc(C)cc2)cc1. The molecule has 0 radical (unpaired) electrons. The standard InChI is InChI=1S/C25H26N4O6S/c1-4-35-23-13-15-24(16-14-23)36(33,34)28(21-9-5-18(2)6-10-21)17-25(30)27-26-19(3)20-7-11-22(12-8-20)29(31)32/h5-16H,4,17H2,1-3H3,(H,27,30)/b26-19-. The average Bonchev–Trinajstić information content (AvgIpc) is 2.87. The molecule has 0 aliphatic heterocycles. The van der Waals surface area contributed by atoms with Crippen molar-refractivity contribution < 1.29 is 22.9 Å². The van der Waals surface area contributed by atoms with Gasteiger partial charge in [0.1, 0.15) is 12.3 Å². The number of ether oxygens (including phenoxy) is 1. The highest BCUT2D eigenvalue weighted by Crippen LogP contribution is 2.25. The summed E-state index contributed by atoms with van der Waals surface area (Å²) in [7, 11) is -4.09. The molecule has 188 valence electrons. The van der Waals surface area contributed by atoms with Gasteiger partial charge >= 0.3 is 0 Å². The summed E-state index contributed by atoms with van der Waals surface area (Å²) in [6.07, 6.45) is 0. The Labute approximate surface area is 209 Å². The van der Waals surface area contributed by atoms with E-state index in [-0.39, 0.29) is 10.6 Å². The first-order valence-electron chi connectivity index (χ1n) is 11.0. The third kappa shape index (κ3) is 6.45. The van der Waals surface area contributed by atoms with Crippen LogP contribution in [0.15, 0.2) is 82.8 Å². The van der Waals surface area contributed by atoms with E-state index in [1.54, 1.807) is 43.3 Å². The second kappa shape index (κ2) is 11.5. The summed E-state index contributed by atoms with van der Waals surface area (Å²) in [6, 6.07) is 18.4. The first-order chi connectivity index (χ1) is 17.1. The van der Waals surface area contributed by atoms with Crippen molar-refractivity contribution in [2.45, 2.75) is 25.7 Å². The Kier molecular flexibility index (Phi) is 8.38. The quantitative estimate of drug-likeness (QED) is 0.249. The third-order valence-corrected chi connectivity index (χ3v) is 6.96. The van der Waals surface area contributed by atoms with E-state index in [2.05, 4.69) is 10.5 Å². The maximum absolute atomic E-state index is 13.5. The Hall–Kier alpha value is -4.25. The summed E-state index contributed by atoms with van der Waals surface area (Å²) in [6.45, 7) is 5.25. The molecule has 3 aromatic rings. The zero-order valence-electron chi connectivity index (χ0n) is 20.0. The molecule has 36 heavy (non-hydrogen) atoms. The summed E-state index contributed by atoms with van der Waals surface area (Å²) < 4.78 is 33.4. The lowest BCUT2D eigenvalue weighted by molar-refractivity contribution is -0.384. The largest absolute Gasteiger partial charge is 0.494 e. The Morgan fingerprint density at radius 3 is 2.19 bits per heavy atom. The smallest absolute Gasteiger partial charge is 0.269 e. The Morgan fingerprint density at radius 2 is 1.64 bits per heavy atom. The molecule has 1 N–H and O–H groups in total. The number of nitrogens with zero attached hydrogens (tertiary/aromatic N) is 3. The van der Waals surface area contributed by atoms with E-state index in [0.717, 1.165) is 9.87 Å². The Morgan fingerprint density at radius 1 is 1.03 bits per heavy atom. The summed E-state index contributed by atoms with van der Waals surface area (Å²) >= 11 is 0. The van der Waals surface area contributed by atoms with Crippen molar-refractivity contribution in [2.24, 2.45) is 5.10 Å². The van der Waals surface area contributed by atoms with E-state index in [9.17, 15) is 23.3 Å². The van der Waals surface area contributed by atoms with Crippen LogP contribution in [-0.2, 0) is 14.8 Å². The van der Waals surface area contributed by atoms with Gasteiger partial charge in [0.25, 0.3) is 21.6 Å². The summed E-state index contributed by atoms with van der Waals surface area (Å²) in [5.74, 6) is -0.126. The topological polar surface area (TPSA) is 131 Å². The zero-order valence-corrected chi connectivity index (χ0v) is 20.9. The molecule has 10 nitrogen and oxygen atoms in total. The number of rotatable bonds is 10. The molecule has 0 unspecified atom stereocenters. The molecule has 0 aliphatic rings. The average molecular weight is 511 g/mol. The van der Waals surface area contributed by atoms with Crippen LogP contribution in [0.1, 0.15) is 25.0 Å². The van der Waals surface area contributed by atoms with Gasteiger partial charge in [-0.25, -0.2) is 13.8 Å². The van der Waals surface area contributed by atoms with Crippen LogP contribution in [0, 0.1) is 17.0 Å². The molecule has 0 heterocycles. The van der Waals surface area contributed by atoms with E-state index in [0.29, 0.717) is 29.3 Å². The minimum Gasteiger partial charge on any atom is -0.494 e. The molecule has 1 amide bonds. The number of non-ortho nitro benzene ring substituents is 1. The van der Waals surface area contributed by atoms with Gasteiger partial charge in [0.05, 0.1) is 27.8 Å². The molecule has 0 aromatic heterocycles. The monoisotopic (exact) mass is 510 g/mol. The van der Waals surface area contributed by atoms with Gasteiger partial charge in [-0.15, -0.1) is 0 Å². The summed E-state index contributed by atoms with van der Waals surface area (Å²) in [4.78, 5) is 23.1. The number of nitrogens with one attached hydrogen (secondary N) is 1. The van der Waals surface area contributed by atoms with Crippen molar-refractivity contribution in [1.29, 1.82) is 0 Å². The van der Waals surface area contributed by atoms with Crippen molar-refractivity contribution in [3.05, 3.63) is 94.0 Å². The molecular weight excluding hydrogens is 484 g/mol. The Bertz CT molecular complexity index is 1350. The normalized spacial score (nSPS) is 11.6. The number of hydrogen-bond acceptors (Lipinski definition) is 7. The van der Waals surface area contributed by atoms with Gasteiger partial charge in [-0.3, -0.25) is 19.2 Å². The fraction of sp³-hybridized carbons (Fsp3) is 0.200. The highest BCUT2D eigenvalue weighted by Gasteiger charge is 2.27. The fourth-order valence-corrected chi connectivity index (χ4v) is 4.65. The van der Waals surface area contributed by atoms with Crippen molar-refractivity contribution >= 4 is 33.0 Å². The van der Waals surface area contributed by atoms with Crippen LogP contribution >= 0.6 is 0 Å². The van der Waals surface area contributed by atoms with Gasteiger partial charge in [-0.2, -0.15) is 5.10 Å². The lowest BCUT2D eigenvalue weighted by Crippen LogP contribution is -2.39. The molecule has 3 aromatic carbocycles. The highest BCUT2D eigenvalue weighted by molar-refractivity contribution is 7.92. The van der Waals surface area contributed by atoms with Crippen LogP contribution in [0.2, 0.25) is 0 Å². The van der Waals surface area contributed by atoms with Crippen molar-refractivity contribution in [1.82, 2.24) is 5.43 Å². The molecule has 0 fully saturated rings. The summed E-state index contributed by atoms with van der Waals surface area (Å²) in [5, 5.41) is 14.8. The van der Waals surface area contributed by atoms with Crippen molar-refractivity contribution in [2.75, 3.05) is 17.5 Å². The number of carbonyl (C=O) groups is 1. The number of hydrogen-bond donors (Lipinski definition) is 1. The van der Waals surface area contributed by atoms with Crippen molar-refractivity contribution in [3.8, 4) is 5.75 Å². The molecule has 0 spiro atoms. The van der Waals surface area contributed by atoms with Crippen LogP contribution in [0.4, 0.5) is 11.4 Å². The maximum atomic E-state index is 13.5. The van der Waals surface area contributed by atoms with Crippen LogP contribution < -0.4 is 14.5 Å². The number of nitro groups is 1. The van der Waals surface area contributed by atoms with Crippen LogP contribution in [0.5, 0.6) is 5.75 Å². The first kappa shape index (κ1) is 26.4. The van der Waals surface area contributed by atoms with Gasteiger partial charge in [-0.1, -0.05) is 17.7 Å². The lowest BCUT2D eigenvalue weighted by atomic mass is 10.1. The van der Waals surface area contributed by atoms with Gasteiger partial charge in [0, 0.05) is 12.1 Å². The number of carbonyl (C=O) groups excluding carboxylic acids is 1. The van der Waals surface area contributed by atoms with Crippen LogP contribution in [-0.4, -0.2) is 38.1 Å². The number of sulfonamides is 1. The third-order valence-electron chi connectivity index (χ3n) is 5.18. The second-order valence-corrected chi connectivity index (χ2v) is 9.65. The lowest BCUT2D eigenvalue weighted by Gasteiger charge is -2.24. The number of aryl methyl sites for hydroxylation is 1. The number of amides is 1. The minimum absolute atomic E-state index is 0.00453. The van der Waals surface area contributed by atoms with Crippen LogP contribution in [0.25, 0.3) is 0 Å². The van der Waals surface area contributed by atoms with Gasteiger partial charge in [0.15, 0.2) is 0 Å². The van der Waals surface area contributed by atoms with Crippen molar-refractivity contribution in [3.63, 3.8) is 0 Å².